The van der Waals surface area contributed by atoms with Crippen molar-refractivity contribution in [2.45, 2.75) is 32.4 Å². The van der Waals surface area contributed by atoms with E-state index in [9.17, 15) is 0 Å². The Morgan fingerprint density at radius 1 is 1.16 bits per heavy atom. The van der Waals surface area contributed by atoms with Gasteiger partial charge in [-0.1, -0.05) is 35.3 Å². The van der Waals surface area contributed by atoms with Gasteiger partial charge in [0, 0.05) is 18.5 Å². The summed E-state index contributed by atoms with van der Waals surface area (Å²) in [6, 6.07) is 10.0. The van der Waals surface area contributed by atoms with E-state index in [2.05, 4.69) is 19.2 Å². The number of rotatable bonds is 5. The van der Waals surface area contributed by atoms with Crippen LogP contribution in [0.4, 0.5) is 0 Å². The van der Waals surface area contributed by atoms with Crippen LogP contribution < -0.4 is 5.32 Å². The highest BCUT2D eigenvalue weighted by atomic mass is 35.5. The Labute approximate surface area is 123 Å². The van der Waals surface area contributed by atoms with Crippen LogP contribution in [-0.4, -0.2) is 6.04 Å². The van der Waals surface area contributed by atoms with Gasteiger partial charge < -0.3 is 9.73 Å². The van der Waals surface area contributed by atoms with Crippen molar-refractivity contribution in [3.05, 3.63) is 58.0 Å². The zero-order valence-electron chi connectivity index (χ0n) is 11.0. The van der Waals surface area contributed by atoms with E-state index in [4.69, 9.17) is 27.6 Å². The Kier molecular flexibility index (Phi) is 4.92. The number of nitrogens with one attached hydrogen (secondary N) is 1. The molecule has 2 nitrogen and oxygen atoms in total. The normalized spacial score (nSPS) is 14.3. The highest BCUT2D eigenvalue weighted by Crippen LogP contribution is 2.30. The second kappa shape index (κ2) is 6.47. The molecule has 1 N–H and O–H groups in total. The van der Waals surface area contributed by atoms with Crippen LogP contribution in [0.25, 0.3) is 0 Å². The Morgan fingerprint density at radius 2 is 1.95 bits per heavy atom. The Hall–Kier alpha value is -0.960. The predicted octanol–water partition coefficient (Wildman–Crippen LogP) is 4.87. The van der Waals surface area contributed by atoms with Gasteiger partial charge in [-0.05, 0) is 37.6 Å². The largest absolute Gasteiger partial charge is 0.469 e. The van der Waals surface area contributed by atoms with Gasteiger partial charge in [-0.25, -0.2) is 0 Å². The molecule has 1 heterocycles. The van der Waals surface area contributed by atoms with Crippen LogP contribution in [-0.2, 0) is 6.42 Å². The molecule has 0 saturated heterocycles. The maximum absolute atomic E-state index is 6.22. The molecule has 102 valence electrons. The second-order valence-electron chi connectivity index (χ2n) is 4.72. The molecule has 0 aliphatic rings. The van der Waals surface area contributed by atoms with Crippen LogP contribution in [0.1, 0.15) is 31.2 Å². The quantitative estimate of drug-likeness (QED) is 0.852. The van der Waals surface area contributed by atoms with Crippen molar-refractivity contribution in [2.24, 2.45) is 0 Å². The van der Waals surface area contributed by atoms with E-state index in [1.54, 1.807) is 12.3 Å². The van der Waals surface area contributed by atoms with E-state index in [0.29, 0.717) is 10.0 Å². The van der Waals surface area contributed by atoms with Crippen LogP contribution >= 0.6 is 23.2 Å². The molecule has 0 amide bonds. The lowest BCUT2D eigenvalue weighted by molar-refractivity contribution is 0.429. The van der Waals surface area contributed by atoms with Crippen molar-refractivity contribution in [2.75, 3.05) is 0 Å². The summed E-state index contributed by atoms with van der Waals surface area (Å²) in [7, 11) is 0. The van der Waals surface area contributed by atoms with Gasteiger partial charge in [-0.15, -0.1) is 0 Å². The summed E-state index contributed by atoms with van der Waals surface area (Å²) < 4.78 is 5.35. The van der Waals surface area contributed by atoms with Crippen LogP contribution in [0.5, 0.6) is 0 Å². The predicted molar refractivity (Wildman–Crippen MR) is 79.9 cm³/mol. The van der Waals surface area contributed by atoms with E-state index in [0.717, 1.165) is 17.7 Å². The first-order valence-electron chi connectivity index (χ1n) is 6.30. The average molecular weight is 298 g/mol. The van der Waals surface area contributed by atoms with Gasteiger partial charge in [0.05, 0.1) is 16.3 Å². The molecular formula is C15H17Cl2NO. The third-order valence-corrected chi connectivity index (χ3v) is 3.90. The molecule has 2 atom stereocenters. The fraction of sp³-hybridized carbons (Fsp3) is 0.333. The molecule has 0 saturated carbocycles. The Morgan fingerprint density at radius 3 is 2.63 bits per heavy atom. The van der Waals surface area contributed by atoms with Gasteiger partial charge in [-0.3, -0.25) is 0 Å². The van der Waals surface area contributed by atoms with Crippen LogP contribution in [0.3, 0.4) is 0 Å². The van der Waals surface area contributed by atoms with Gasteiger partial charge in [0.1, 0.15) is 5.76 Å². The monoisotopic (exact) mass is 297 g/mol. The van der Waals surface area contributed by atoms with Crippen molar-refractivity contribution < 1.29 is 4.42 Å². The SMILES string of the molecule is CC(Cc1ccco1)NC(C)c1cccc(Cl)c1Cl. The average Bonchev–Trinajstić information content (AvgIpc) is 2.85. The number of hydrogen-bond acceptors (Lipinski definition) is 2. The standard InChI is InChI=1S/C15H17Cl2NO/c1-10(9-12-5-4-8-19-12)18-11(2)13-6-3-7-14(16)15(13)17/h3-8,10-11,18H,9H2,1-2H3. The summed E-state index contributed by atoms with van der Waals surface area (Å²) in [5.74, 6) is 0.976. The molecular weight excluding hydrogens is 281 g/mol. The third kappa shape index (κ3) is 3.75. The molecule has 0 fully saturated rings. The smallest absolute Gasteiger partial charge is 0.105 e. The summed E-state index contributed by atoms with van der Waals surface area (Å²) in [5, 5.41) is 4.71. The fourth-order valence-corrected chi connectivity index (χ4v) is 2.63. The minimum Gasteiger partial charge on any atom is -0.469 e. The highest BCUT2D eigenvalue weighted by Gasteiger charge is 2.14. The second-order valence-corrected chi connectivity index (χ2v) is 5.50. The van der Waals surface area contributed by atoms with Crippen molar-refractivity contribution in [3.63, 3.8) is 0 Å². The molecule has 0 radical (unpaired) electrons. The summed E-state index contributed by atoms with van der Waals surface area (Å²) in [6.45, 7) is 4.20. The number of furan rings is 1. The van der Waals surface area contributed by atoms with Crippen molar-refractivity contribution in [1.29, 1.82) is 0 Å². The molecule has 4 heteroatoms. The molecule has 2 rings (SSSR count). The first-order chi connectivity index (χ1) is 9.08. The number of benzene rings is 1. The van der Waals surface area contributed by atoms with Gasteiger partial charge in [0.2, 0.25) is 0 Å². The van der Waals surface area contributed by atoms with Gasteiger partial charge in [-0.2, -0.15) is 0 Å². The fourth-order valence-electron chi connectivity index (χ4n) is 2.16. The molecule has 1 aromatic heterocycles. The summed E-state index contributed by atoms with van der Waals surface area (Å²) in [6.07, 6.45) is 2.54. The van der Waals surface area contributed by atoms with Gasteiger partial charge >= 0.3 is 0 Å². The minimum absolute atomic E-state index is 0.135. The van der Waals surface area contributed by atoms with E-state index in [1.165, 1.54) is 0 Å². The first kappa shape index (κ1) is 14.4. The zero-order chi connectivity index (χ0) is 13.8. The molecule has 1 aromatic carbocycles. The Bertz CT molecular complexity index is 525. The maximum atomic E-state index is 6.22. The number of hydrogen-bond donors (Lipinski definition) is 1. The molecule has 2 aromatic rings. The van der Waals surface area contributed by atoms with Crippen LogP contribution in [0.15, 0.2) is 41.0 Å². The van der Waals surface area contributed by atoms with Crippen molar-refractivity contribution in [1.82, 2.24) is 5.32 Å². The van der Waals surface area contributed by atoms with E-state index < -0.39 is 0 Å². The van der Waals surface area contributed by atoms with E-state index >= 15 is 0 Å². The molecule has 0 bridgehead atoms. The van der Waals surface area contributed by atoms with E-state index in [1.807, 2.05) is 24.3 Å². The first-order valence-corrected chi connectivity index (χ1v) is 7.06. The Balaban J connectivity index is 2.00. The van der Waals surface area contributed by atoms with E-state index in [-0.39, 0.29) is 12.1 Å². The third-order valence-electron chi connectivity index (χ3n) is 3.07. The summed E-state index contributed by atoms with van der Waals surface area (Å²) in [4.78, 5) is 0. The lowest BCUT2D eigenvalue weighted by atomic mass is 10.1. The minimum atomic E-state index is 0.135. The molecule has 19 heavy (non-hydrogen) atoms. The van der Waals surface area contributed by atoms with Gasteiger partial charge in [0.25, 0.3) is 0 Å². The topological polar surface area (TPSA) is 25.2 Å². The van der Waals surface area contributed by atoms with Crippen molar-refractivity contribution in [3.8, 4) is 0 Å². The lowest BCUT2D eigenvalue weighted by Gasteiger charge is -2.21. The summed E-state index contributed by atoms with van der Waals surface area (Å²) in [5.41, 5.74) is 1.01. The lowest BCUT2D eigenvalue weighted by Crippen LogP contribution is -2.30. The molecule has 0 aliphatic carbocycles. The highest BCUT2D eigenvalue weighted by molar-refractivity contribution is 6.42. The van der Waals surface area contributed by atoms with Gasteiger partial charge in [0.15, 0.2) is 0 Å². The molecule has 0 spiro atoms. The summed E-state index contributed by atoms with van der Waals surface area (Å²) >= 11 is 12.3. The van der Waals surface area contributed by atoms with Crippen LogP contribution in [0, 0.1) is 0 Å². The number of halogens is 2. The zero-order valence-corrected chi connectivity index (χ0v) is 12.5. The molecule has 2 unspecified atom stereocenters. The molecule has 0 aliphatic heterocycles. The maximum Gasteiger partial charge on any atom is 0.105 e. The van der Waals surface area contributed by atoms with Crippen molar-refractivity contribution >= 4 is 23.2 Å². The van der Waals surface area contributed by atoms with Crippen LogP contribution in [0.2, 0.25) is 10.0 Å².